The molecule has 4 aromatic rings. The summed E-state index contributed by atoms with van der Waals surface area (Å²) in [5, 5.41) is 11.1. The minimum Gasteiger partial charge on any atom is -0.455 e. The van der Waals surface area contributed by atoms with Gasteiger partial charge in [-0.25, -0.2) is 4.68 Å². The quantitative estimate of drug-likeness (QED) is 0.529. The highest BCUT2D eigenvalue weighted by molar-refractivity contribution is 6.03. The van der Waals surface area contributed by atoms with Gasteiger partial charge in [0, 0.05) is 11.9 Å². The number of pyridine rings is 1. The van der Waals surface area contributed by atoms with E-state index in [1.165, 1.54) is 0 Å². The molecule has 7 heteroatoms. The first-order valence-electron chi connectivity index (χ1n) is 9.50. The number of aromatic nitrogens is 4. The number of rotatable bonds is 5. The summed E-state index contributed by atoms with van der Waals surface area (Å²) in [7, 11) is 0. The van der Waals surface area contributed by atoms with Crippen molar-refractivity contribution in [3.8, 4) is 17.2 Å². The number of hydrogen-bond donors (Lipinski definition) is 1. The Morgan fingerprint density at radius 1 is 1.03 bits per heavy atom. The molecule has 0 fully saturated rings. The third-order valence-electron chi connectivity index (χ3n) is 4.65. The van der Waals surface area contributed by atoms with Gasteiger partial charge < -0.3 is 10.1 Å². The first-order chi connectivity index (χ1) is 14.5. The Morgan fingerprint density at radius 2 is 1.90 bits per heavy atom. The molecule has 2 heterocycles. The summed E-state index contributed by atoms with van der Waals surface area (Å²) in [4.78, 5) is 16.8. The fraction of sp³-hybridized carbons (Fsp3) is 0.130. The van der Waals surface area contributed by atoms with E-state index >= 15 is 0 Å². The lowest BCUT2D eigenvalue weighted by molar-refractivity contribution is 0.102. The highest BCUT2D eigenvalue weighted by Crippen LogP contribution is 2.27. The van der Waals surface area contributed by atoms with Gasteiger partial charge >= 0.3 is 0 Å². The summed E-state index contributed by atoms with van der Waals surface area (Å²) >= 11 is 0. The van der Waals surface area contributed by atoms with Crippen LogP contribution in [-0.4, -0.2) is 25.9 Å². The first kappa shape index (κ1) is 19.3. The molecule has 30 heavy (non-hydrogen) atoms. The summed E-state index contributed by atoms with van der Waals surface area (Å²) < 4.78 is 7.50. The zero-order valence-electron chi connectivity index (χ0n) is 17.0. The summed E-state index contributed by atoms with van der Waals surface area (Å²) in [6.45, 7) is 5.75. The van der Waals surface area contributed by atoms with Gasteiger partial charge in [0.2, 0.25) is 0 Å². The van der Waals surface area contributed by atoms with Crippen molar-refractivity contribution in [3.05, 3.63) is 89.5 Å². The highest BCUT2D eigenvalue weighted by atomic mass is 16.5. The van der Waals surface area contributed by atoms with Crippen molar-refractivity contribution >= 4 is 11.6 Å². The number of amides is 1. The van der Waals surface area contributed by atoms with E-state index in [0.717, 1.165) is 16.8 Å². The van der Waals surface area contributed by atoms with Crippen molar-refractivity contribution in [2.24, 2.45) is 0 Å². The van der Waals surface area contributed by atoms with Crippen LogP contribution in [0.5, 0.6) is 11.5 Å². The summed E-state index contributed by atoms with van der Waals surface area (Å²) in [6.07, 6.45) is 3.34. The van der Waals surface area contributed by atoms with Crippen LogP contribution < -0.4 is 10.1 Å². The number of ether oxygens (including phenoxy) is 1. The van der Waals surface area contributed by atoms with Gasteiger partial charge in [0.25, 0.3) is 5.91 Å². The molecule has 4 rings (SSSR count). The Kier molecular flexibility index (Phi) is 5.26. The second kappa shape index (κ2) is 8.16. The van der Waals surface area contributed by atoms with Crippen LogP contribution in [0.3, 0.4) is 0 Å². The second-order valence-electron chi connectivity index (χ2n) is 7.00. The van der Waals surface area contributed by atoms with Gasteiger partial charge in [-0.3, -0.25) is 9.78 Å². The first-order valence-corrected chi connectivity index (χ1v) is 9.50. The van der Waals surface area contributed by atoms with Gasteiger partial charge in [-0.2, -0.15) is 0 Å². The van der Waals surface area contributed by atoms with Crippen LogP contribution in [0, 0.1) is 20.8 Å². The van der Waals surface area contributed by atoms with Gasteiger partial charge in [0.15, 0.2) is 5.69 Å². The van der Waals surface area contributed by atoms with Crippen LogP contribution in [0.15, 0.2) is 67.0 Å². The van der Waals surface area contributed by atoms with E-state index in [1.54, 1.807) is 23.1 Å². The lowest BCUT2D eigenvalue weighted by atomic mass is 10.2. The number of benzene rings is 2. The molecule has 7 nitrogen and oxygen atoms in total. The van der Waals surface area contributed by atoms with Gasteiger partial charge in [-0.05, 0) is 74.4 Å². The molecule has 2 aromatic heterocycles. The molecule has 2 aromatic carbocycles. The maximum absolute atomic E-state index is 12.8. The number of carbonyl (C=O) groups is 1. The van der Waals surface area contributed by atoms with Crippen molar-refractivity contribution in [1.82, 2.24) is 20.0 Å². The number of nitrogens with zero attached hydrogens (tertiary/aromatic N) is 4. The molecular formula is C23H21N5O2. The standard InChI is InChI=1S/C23H21N5O2/c1-15-6-4-7-19(12-15)28-17(3)22(26-27-28)23(29)25-18-9-10-21(16(2)13-18)30-20-8-5-11-24-14-20/h4-14H,1-3H3,(H,25,29). The molecule has 0 saturated heterocycles. The Balaban J connectivity index is 1.51. The smallest absolute Gasteiger partial charge is 0.278 e. The Bertz CT molecular complexity index is 1200. The number of nitrogens with one attached hydrogen (secondary N) is 1. The molecule has 0 spiro atoms. The molecule has 0 atom stereocenters. The average Bonchev–Trinajstić information content (AvgIpc) is 3.12. The SMILES string of the molecule is Cc1cccc(-n2nnc(C(=O)Nc3ccc(Oc4cccnc4)c(C)c3)c2C)c1. The lowest BCUT2D eigenvalue weighted by Crippen LogP contribution is -2.14. The highest BCUT2D eigenvalue weighted by Gasteiger charge is 2.18. The topological polar surface area (TPSA) is 81.9 Å². The molecule has 0 unspecified atom stereocenters. The fourth-order valence-corrected chi connectivity index (χ4v) is 3.11. The zero-order chi connectivity index (χ0) is 21.1. The minimum absolute atomic E-state index is 0.282. The van der Waals surface area contributed by atoms with Crippen LogP contribution in [0.1, 0.15) is 27.3 Å². The molecular weight excluding hydrogens is 378 g/mol. The van der Waals surface area contributed by atoms with E-state index in [2.05, 4.69) is 20.6 Å². The van der Waals surface area contributed by atoms with Crippen LogP contribution in [-0.2, 0) is 0 Å². The normalized spacial score (nSPS) is 10.6. The number of carbonyl (C=O) groups excluding carboxylic acids is 1. The minimum atomic E-state index is -0.313. The molecule has 150 valence electrons. The molecule has 0 radical (unpaired) electrons. The predicted molar refractivity (Wildman–Crippen MR) is 114 cm³/mol. The molecule has 0 bridgehead atoms. The van der Waals surface area contributed by atoms with E-state index in [1.807, 2.05) is 69.3 Å². The molecule has 0 aliphatic heterocycles. The largest absolute Gasteiger partial charge is 0.455 e. The molecule has 0 aliphatic rings. The average molecular weight is 399 g/mol. The van der Waals surface area contributed by atoms with Crippen LogP contribution in [0.25, 0.3) is 5.69 Å². The number of aryl methyl sites for hydroxylation is 2. The maximum atomic E-state index is 12.8. The zero-order valence-corrected chi connectivity index (χ0v) is 17.0. The van der Waals surface area contributed by atoms with Gasteiger partial charge in [0.1, 0.15) is 11.5 Å². The summed E-state index contributed by atoms with van der Waals surface area (Å²) in [5.41, 5.74) is 4.47. The van der Waals surface area contributed by atoms with Gasteiger partial charge in [-0.15, -0.1) is 5.10 Å². The van der Waals surface area contributed by atoms with Crippen molar-refractivity contribution < 1.29 is 9.53 Å². The Hall–Kier alpha value is -4.00. The third-order valence-corrected chi connectivity index (χ3v) is 4.65. The summed E-state index contributed by atoms with van der Waals surface area (Å²) in [5.74, 6) is 1.04. The fourth-order valence-electron chi connectivity index (χ4n) is 3.11. The predicted octanol–water partition coefficient (Wildman–Crippen LogP) is 4.63. The van der Waals surface area contributed by atoms with Gasteiger partial charge in [0.05, 0.1) is 17.6 Å². The van der Waals surface area contributed by atoms with E-state index in [0.29, 0.717) is 22.9 Å². The van der Waals surface area contributed by atoms with Crippen molar-refractivity contribution in [1.29, 1.82) is 0 Å². The van der Waals surface area contributed by atoms with E-state index in [9.17, 15) is 4.79 Å². The van der Waals surface area contributed by atoms with Crippen molar-refractivity contribution in [2.45, 2.75) is 20.8 Å². The Morgan fingerprint density at radius 3 is 2.63 bits per heavy atom. The van der Waals surface area contributed by atoms with Gasteiger partial charge in [-0.1, -0.05) is 17.3 Å². The van der Waals surface area contributed by atoms with E-state index < -0.39 is 0 Å². The molecule has 0 saturated carbocycles. The summed E-state index contributed by atoms with van der Waals surface area (Å²) in [6, 6.07) is 17.0. The lowest BCUT2D eigenvalue weighted by Gasteiger charge is -2.11. The second-order valence-corrected chi connectivity index (χ2v) is 7.00. The van der Waals surface area contributed by atoms with E-state index in [-0.39, 0.29) is 11.6 Å². The van der Waals surface area contributed by atoms with Crippen LogP contribution in [0.4, 0.5) is 5.69 Å². The Labute approximate surface area is 174 Å². The number of anilines is 1. The van der Waals surface area contributed by atoms with Crippen LogP contribution in [0.2, 0.25) is 0 Å². The monoisotopic (exact) mass is 399 g/mol. The van der Waals surface area contributed by atoms with Crippen molar-refractivity contribution in [3.63, 3.8) is 0 Å². The molecule has 1 amide bonds. The maximum Gasteiger partial charge on any atom is 0.278 e. The molecule has 0 aliphatic carbocycles. The number of hydrogen-bond acceptors (Lipinski definition) is 5. The van der Waals surface area contributed by atoms with Crippen LogP contribution >= 0.6 is 0 Å². The van der Waals surface area contributed by atoms with E-state index in [4.69, 9.17) is 4.74 Å². The molecule has 1 N–H and O–H groups in total. The third kappa shape index (κ3) is 4.05. The van der Waals surface area contributed by atoms with Crippen molar-refractivity contribution in [2.75, 3.05) is 5.32 Å².